The number of carbonyl (C=O) groups is 3. The fourth-order valence-electron chi connectivity index (χ4n) is 3.20. The minimum atomic E-state index is -0.467. The molecule has 0 fully saturated rings. The molecule has 0 aliphatic heterocycles. The van der Waals surface area contributed by atoms with Crippen molar-refractivity contribution in [3.05, 3.63) is 34.1 Å². The first-order valence-corrected chi connectivity index (χ1v) is 8.41. The van der Waals surface area contributed by atoms with Crippen LogP contribution in [0.1, 0.15) is 56.3 Å². The molecule has 0 atom stereocenters. The number of aryl methyl sites for hydroxylation is 2. The van der Waals surface area contributed by atoms with E-state index in [0.29, 0.717) is 45.4 Å². The van der Waals surface area contributed by atoms with Crippen LogP contribution in [0.4, 0.5) is 0 Å². The normalized spacial score (nSPS) is 11.1. The van der Waals surface area contributed by atoms with E-state index < -0.39 is 11.9 Å². The highest BCUT2D eigenvalue weighted by molar-refractivity contribution is 6.15. The Labute approximate surface area is 149 Å². The van der Waals surface area contributed by atoms with Gasteiger partial charge in [-0.05, 0) is 44.9 Å². The lowest BCUT2D eigenvalue weighted by atomic mass is 10.0. The highest BCUT2D eigenvalue weighted by Gasteiger charge is 2.23. The van der Waals surface area contributed by atoms with E-state index in [9.17, 15) is 14.4 Å². The molecule has 0 radical (unpaired) electrons. The second kappa shape index (κ2) is 6.67. The molecule has 0 saturated carbocycles. The number of carbonyl (C=O) groups excluding carboxylic acids is 3. The summed E-state index contributed by atoms with van der Waals surface area (Å²) in [6.07, 6.45) is 0.709. The summed E-state index contributed by atoms with van der Waals surface area (Å²) in [5.74, 6) is -0.934. The lowest BCUT2D eigenvalue weighted by Crippen LogP contribution is -2.06. The van der Waals surface area contributed by atoms with Gasteiger partial charge in [0.2, 0.25) is 0 Å². The van der Waals surface area contributed by atoms with Crippen molar-refractivity contribution in [3.8, 4) is 0 Å². The molecule has 0 aliphatic carbocycles. The molecule has 136 valence electrons. The summed E-state index contributed by atoms with van der Waals surface area (Å²) in [6.45, 7) is 7.57. The minimum absolute atomic E-state index is 0.261. The van der Waals surface area contributed by atoms with E-state index in [0.717, 1.165) is 10.8 Å². The van der Waals surface area contributed by atoms with Crippen molar-refractivity contribution in [3.63, 3.8) is 0 Å². The lowest BCUT2D eigenvalue weighted by Gasteiger charge is -2.00. The molecule has 0 unspecified atom stereocenters. The molecule has 7 heteroatoms. The number of hydrogen-bond donors (Lipinski definition) is 2. The number of benzene rings is 1. The predicted octanol–water partition coefficient (Wildman–Crippen LogP) is 3.43. The van der Waals surface area contributed by atoms with Crippen LogP contribution in [0.3, 0.4) is 0 Å². The molecule has 3 aromatic rings. The third-order valence-electron chi connectivity index (χ3n) is 4.50. The Hall–Kier alpha value is -3.09. The number of H-pyrrole nitrogens is 2. The van der Waals surface area contributed by atoms with Crippen molar-refractivity contribution in [2.24, 2.45) is 0 Å². The Kier molecular flexibility index (Phi) is 4.54. The van der Waals surface area contributed by atoms with Gasteiger partial charge in [0.25, 0.3) is 0 Å². The SMILES string of the molecule is CCOC(=O)c1[nH]c2c(C=O)c3[nH]c(C(=O)OCC)c(C)c3cc2c1C. The second-order valence-corrected chi connectivity index (χ2v) is 5.94. The van der Waals surface area contributed by atoms with E-state index in [-0.39, 0.29) is 13.2 Å². The van der Waals surface area contributed by atoms with Gasteiger partial charge in [-0.2, -0.15) is 0 Å². The fourth-order valence-corrected chi connectivity index (χ4v) is 3.20. The molecule has 2 aromatic heterocycles. The summed E-state index contributed by atoms with van der Waals surface area (Å²) in [5, 5.41) is 1.47. The van der Waals surface area contributed by atoms with Crippen LogP contribution in [-0.4, -0.2) is 41.4 Å². The number of aromatic amines is 2. The zero-order valence-electron chi connectivity index (χ0n) is 15.1. The average Bonchev–Trinajstić information content (AvgIpc) is 3.12. The maximum atomic E-state index is 12.1. The Morgan fingerprint density at radius 3 is 1.69 bits per heavy atom. The molecule has 0 bridgehead atoms. The van der Waals surface area contributed by atoms with Gasteiger partial charge in [-0.1, -0.05) is 0 Å². The van der Waals surface area contributed by atoms with Crippen LogP contribution in [0.2, 0.25) is 0 Å². The Balaban J connectivity index is 2.31. The molecule has 2 N–H and O–H groups in total. The van der Waals surface area contributed by atoms with Crippen LogP contribution in [0.25, 0.3) is 21.8 Å². The van der Waals surface area contributed by atoms with Crippen LogP contribution in [0, 0.1) is 13.8 Å². The molecule has 0 saturated heterocycles. The molecule has 0 amide bonds. The number of esters is 2. The van der Waals surface area contributed by atoms with Crippen molar-refractivity contribution in [1.82, 2.24) is 9.97 Å². The monoisotopic (exact) mass is 356 g/mol. The molecular formula is C19H20N2O5. The van der Waals surface area contributed by atoms with E-state index in [1.807, 2.05) is 6.07 Å². The lowest BCUT2D eigenvalue weighted by molar-refractivity contribution is 0.0510. The molecule has 2 heterocycles. The molecule has 0 spiro atoms. The third-order valence-corrected chi connectivity index (χ3v) is 4.50. The summed E-state index contributed by atoms with van der Waals surface area (Å²) in [6, 6.07) is 1.86. The third kappa shape index (κ3) is 2.56. The Morgan fingerprint density at radius 1 is 0.923 bits per heavy atom. The highest BCUT2D eigenvalue weighted by Crippen LogP contribution is 2.33. The van der Waals surface area contributed by atoms with Crippen LogP contribution < -0.4 is 0 Å². The summed E-state index contributed by atoms with van der Waals surface area (Å²) in [7, 11) is 0. The van der Waals surface area contributed by atoms with Gasteiger partial charge in [0, 0.05) is 10.8 Å². The van der Waals surface area contributed by atoms with Gasteiger partial charge in [-0.15, -0.1) is 0 Å². The van der Waals surface area contributed by atoms with Gasteiger partial charge in [-0.25, -0.2) is 9.59 Å². The molecule has 3 rings (SSSR count). The van der Waals surface area contributed by atoms with Crippen molar-refractivity contribution in [2.45, 2.75) is 27.7 Å². The first-order valence-electron chi connectivity index (χ1n) is 8.41. The summed E-state index contributed by atoms with van der Waals surface area (Å²) < 4.78 is 10.1. The van der Waals surface area contributed by atoms with Crippen molar-refractivity contribution in [2.75, 3.05) is 13.2 Å². The van der Waals surface area contributed by atoms with Gasteiger partial charge in [-0.3, -0.25) is 4.79 Å². The number of aromatic nitrogens is 2. The smallest absolute Gasteiger partial charge is 0.355 e. The first-order chi connectivity index (χ1) is 12.4. The summed E-state index contributed by atoms with van der Waals surface area (Å²) >= 11 is 0. The van der Waals surface area contributed by atoms with Gasteiger partial charge < -0.3 is 19.4 Å². The number of ether oxygens (including phenoxy) is 2. The van der Waals surface area contributed by atoms with Crippen LogP contribution in [0.15, 0.2) is 6.07 Å². The van der Waals surface area contributed by atoms with E-state index in [2.05, 4.69) is 9.97 Å². The number of nitrogens with one attached hydrogen (secondary N) is 2. The van der Waals surface area contributed by atoms with Gasteiger partial charge in [0.1, 0.15) is 11.4 Å². The molecule has 7 nitrogen and oxygen atoms in total. The van der Waals surface area contributed by atoms with E-state index in [1.54, 1.807) is 27.7 Å². The standard InChI is InChI=1S/C19H20N2O5/c1-5-25-18(23)14-9(3)11-7-12-10(4)15(19(24)26-6-2)21-17(12)13(8-22)16(11)20-14/h7-8,20-21H,5-6H2,1-4H3. The predicted molar refractivity (Wildman–Crippen MR) is 96.9 cm³/mol. The highest BCUT2D eigenvalue weighted by atomic mass is 16.5. The van der Waals surface area contributed by atoms with Gasteiger partial charge in [0.05, 0.1) is 29.8 Å². The van der Waals surface area contributed by atoms with Gasteiger partial charge in [0.15, 0.2) is 6.29 Å². The zero-order valence-corrected chi connectivity index (χ0v) is 15.1. The first kappa shape index (κ1) is 17.7. The number of fused-ring (bicyclic) bond motifs is 2. The van der Waals surface area contributed by atoms with E-state index in [1.165, 1.54) is 0 Å². The number of rotatable bonds is 5. The minimum Gasteiger partial charge on any atom is -0.461 e. The van der Waals surface area contributed by atoms with Gasteiger partial charge >= 0.3 is 11.9 Å². The molecule has 0 aliphatic rings. The van der Waals surface area contributed by atoms with E-state index in [4.69, 9.17) is 9.47 Å². The largest absolute Gasteiger partial charge is 0.461 e. The maximum Gasteiger partial charge on any atom is 0.355 e. The zero-order chi connectivity index (χ0) is 19.0. The average molecular weight is 356 g/mol. The topological polar surface area (TPSA) is 101 Å². The van der Waals surface area contributed by atoms with Crippen LogP contribution >= 0.6 is 0 Å². The van der Waals surface area contributed by atoms with E-state index >= 15 is 0 Å². The van der Waals surface area contributed by atoms with Crippen LogP contribution in [0.5, 0.6) is 0 Å². The summed E-state index contributed by atoms with van der Waals surface area (Å²) in [5.41, 5.74) is 3.45. The van der Waals surface area contributed by atoms with Crippen molar-refractivity contribution >= 4 is 40.0 Å². The van der Waals surface area contributed by atoms with Crippen molar-refractivity contribution in [1.29, 1.82) is 0 Å². The Morgan fingerprint density at radius 2 is 1.35 bits per heavy atom. The second-order valence-electron chi connectivity index (χ2n) is 5.94. The summed E-state index contributed by atoms with van der Waals surface area (Å²) in [4.78, 5) is 42.1. The molecular weight excluding hydrogens is 336 g/mol. The number of aldehydes is 1. The maximum absolute atomic E-state index is 12.1. The fraction of sp³-hybridized carbons (Fsp3) is 0.316. The van der Waals surface area contributed by atoms with Crippen LogP contribution in [-0.2, 0) is 9.47 Å². The molecule has 1 aromatic carbocycles. The Bertz CT molecular complexity index is 965. The quantitative estimate of drug-likeness (QED) is 0.539. The molecule has 26 heavy (non-hydrogen) atoms. The van der Waals surface area contributed by atoms with Crippen molar-refractivity contribution < 1.29 is 23.9 Å². The number of hydrogen-bond acceptors (Lipinski definition) is 5.